The Morgan fingerprint density at radius 2 is 1.88 bits per heavy atom. The predicted molar refractivity (Wildman–Crippen MR) is 89.4 cm³/mol. The first-order chi connectivity index (χ1) is 11.6. The Kier molecular flexibility index (Phi) is 3.52. The van der Waals surface area contributed by atoms with Crippen LogP contribution in [0.5, 0.6) is 5.88 Å². The molecule has 1 spiro atoms. The fourth-order valence-electron chi connectivity index (χ4n) is 4.15. The van der Waals surface area contributed by atoms with E-state index < -0.39 is 5.41 Å². The summed E-state index contributed by atoms with van der Waals surface area (Å²) >= 11 is 0. The normalized spacial score (nSPS) is 19.6. The predicted octanol–water partition coefficient (Wildman–Crippen LogP) is 3.06. The first-order valence-electron chi connectivity index (χ1n) is 8.40. The van der Waals surface area contributed by atoms with Gasteiger partial charge in [-0.05, 0) is 29.9 Å². The molecule has 2 aromatic rings. The molecule has 1 saturated carbocycles. The van der Waals surface area contributed by atoms with E-state index in [2.05, 4.69) is 4.98 Å². The van der Waals surface area contributed by atoms with Gasteiger partial charge in [-0.2, -0.15) is 0 Å². The lowest BCUT2D eigenvalue weighted by atomic mass is 9.84. The highest BCUT2D eigenvalue weighted by molar-refractivity contribution is 6.06. The number of fused-ring (bicyclic) bond motifs is 1. The minimum absolute atomic E-state index is 0.00454. The zero-order chi connectivity index (χ0) is 16.7. The Balaban J connectivity index is 1.70. The van der Waals surface area contributed by atoms with Gasteiger partial charge in [0, 0.05) is 18.0 Å². The van der Waals surface area contributed by atoms with E-state index in [1.807, 2.05) is 24.3 Å². The smallest absolute Gasteiger partial charge is 0.236 e. The van der Waals surface area contributed by atoms with Crippen molar-refractivity contribution in [1.82, 2.24) is 9.88 Å². The van der Waals surface area contributed by atoms with Crippen LogP contribution in [0.1, 0.15) is 37.7 Å². The van der Waals surface area contributed by atoms with Crippen molar-refractivity contribution in [1.29, 1.82) is 0 Å². The van der Waals surface area contributed by atoms with E-state index in [0.717, 1.165) is 42.0 Å². The van der Waals surface area contributed by atoms with Crippen LogP contribution in [0.25, 0.3) is 10.8 Å². The molecule has 5 heteroatoms. The van der Waals surface area contributed by atoms with Crippen molar-refractivity contribution in [2.45, 2.75) is 38.6 Å². The maximum absolute atomic E-state index is 12.9. The number of methoxy groups -OCH3 is 1. The molecule has 0 N–H and O–H groups in total. The number of carbonyl (C=O) groups excluding carboxylic acids is 2. The standard InChI is InChI=1S/C19H20N2O3/c1-24-17-15-7-3-2-6-14(15)13(11-20-17)12-21-16(22)10-19(18(21)23)8-4-5-9-19/h2-3,6-7,11H,4-5,8-10,12H2,1H3. The van der Waals surface area contributed by atoms with Crippen LogP contribution in [0.2, 0.25) is 0 Å². The van der Waals surface area contributed by atoms with Gasteiger partial charge in [0.05, 0.1) is 19.1 Å². The van der Waals surface area contributed by atoms with Gasteiger partial charge < -0.3 is 4.74 Å². The van der Waals surface area contributed by atoms with Gasteiger partial charge in [-0.1, -0.05) is 31.0 Å². The van der Waals surface area contributed by atoms with Gasteiger partial charge in [-0.15, -0.1) is 0 Å². The Morgan fingerprint density at radius 1 is 1.17 bits per heavy atom. The molecule has 1 aromatic carbocycles. The van der Waals surface area contributed by atoms with E-state index in [1.165, 1.54) is 4.90 Å². The molecule has 5 nitrogen and oxygen atoms in total. The molecule has 0 atom stereocenters. The number of likely N-dealkylation sites (tertiary alicyclic amines) is 1. The minimum atomic E-state index is -0.424. The second-order valence-corrected chi connectivity index (χ2v) is 6.79. The average molecular weight is 324 g/mol. The zero-order valence-electron chi connectivity index (χ0n) is 13.7. The molecule has 124 valence electrons. The van der Waals surface area contributed by atoms with Crippen LogP contribution < -0.4 is 4.74 Å². The fraction of sp³-hybridized carbons (Fsp3) is 0.421. The molecule has 1 aliphatic heterocycles. The van der Waals surface area contributed by atoms with Crippen molar-refractivity contribution in [3.63, 3.8) is 0 Å². The maximum Gasteiger partial charge on any atom is 0.236 e. The van der Waals surface area contributed by atoms with Crippen LogP contribution >= 0.6 is 0 Å². The number of nitrogens with zero attached hydrogens (tertiary/aromatic N) is 2. The van der Waals surface area contributed by atoms with Gasteiger partial charge >= 0.3 is 0 Å². The molecule has 1 saturated heterocycles. The van der Waals surface area contributed by atoms with Crippen molar-refractivity contribution >= 4 is 22.6 Å². The number of hydrogen-bond donors (Lipinski definition) is 0. The number of amides is 2. The van der Waals surface area contributed by atoms with Crippen molar-refractivity contribution in [2.75, 3.05) is 7.11 Å². The summed E-state index contributed by atoms with van der Waals surface area (Å²) in [4.78, 5) is 31.1. The molecule has 2 fully saturated rings. The maximum atomic E-state index is 12.9. The topological polar surface area (TPSA) is 59.5 Å². The van der Waals surface area contributed by atoms with E-state index in [9.17, 15) is 9.59 Å². The number of benzene rings is 1. The van der Waals surface area contributed by atoms with Crippen molar-refractivity contribution in [2.24, 2.45) is 5.41 Å². The number of pyridine rings is 1. The summed E-state index contributed by atoms with van der Waals surface area (Å²) in [6.07, 6.45) is 5.85. The van der Waals surface area contributed by atoms with E-state index >= 15 is 0 Å². The van der Waals surface area contributed by atoms with Crippen LogP contribution in [-0.4, -0.2) is 28.8 Å². The molecule has 0 radical (unpaired) electrons. The number of ether oxygens (including phenoxy) is 1. The van der Waals surface area contributed by atoms with E-state index in [-0.39, 0.29) is 18.4 Å². The van der Waals surface area contributed by atoms with Crippen LogP contribution in [-0.2, 0) is 16.1 Å². The monoisotopic (exact) mass is 324 g/mol. The first-order valence-corrected chi connectivity index (χ1v) is 8.40. The third kappa shape index (κ3) is 2.19. The lowest BCUT2D eigenvalue weighted by Crippen LogP contribution is -2.34. The summed E-state index contributed by atoms with van der Waals surface area (Å²) < 4.78 is 5.31. The average Bonchev–Trinajstić information content (AvgIpc) is 3.16. The summed E-state index contributed by atoms with van der Waals surface area (Å²) in [6.45, 7) is 0.289. The molecule has 0 unspecified atom stereocenters. The number of aromatic nitrogens is 1. The second kappa shape index (κ2) is 5.58. The lowest BCUT2D eigenvalue weighted by molar-refractivity contribution is -0.142. The molecular weight excluding hydrogens is 304 g/mol. The Morgan fingerprint density at radius 3 is 2.58 bits per heavy atom. The molecular formula is C19H20N2O3. The lowest BCUT2D eigenvalue weighted by Gasteiger charge is -2.21. The third-order valence-electron chi connectivity index (χ3n) is 5.41. The molecule has 2 aliphatic rings. The van der Waals surface area contributed by atoms with Crippen LogP contribution in [0.15, 0.2) is 30.5 Å². The largest absolute Gasteiger partial charge is 0.481 e. The Bertz CT molecular complexity index is 824. The Labute approximate surface area is 140 Å². The molecule has 24 heavy (non-hydrogen) atoms. The summed E-state index contributed by atoms with van der Waals surface area (Å²) in [7, 11) is 1.59. The molecule has 4 rings (SSSR count). The zero-order valence-corrected chi connectivity index (χ0v) is 13.7. The number of hydrogen-bond acceptors (Lipinski definition) is 4. The first kappa shape index (κ1) is 15.1. The van der Waals surface area contributed by atoms with E-state index in [1.54, 1.807) is 13.3 Å². The van der Waals surface area contributed by atoms with Crippen molar-refractivity contribution in [3.05, 3.63) is 36.0 Å². The summed E-state index contributed by atoms with van der Waals surface area (Å²) in [5, 5.41) is 1.87. The van der Waals surface area contributed by atoms with Gasteiger partial charge in [0.25, 0.3) is 0 Å². The van der Waals surface area contributed by atoms with Crippen molar-refractivity contribution < 1.29 is 14.3 Å². The second-order valence-electron chi connectivity index (χ2n) is 6.79. The molecule has 0 bridgehead atoms. The van der Waals surface area contributed by atoms with E-state index in [0.29, 0.717) is 12.3 Å². The van der Waals surface area contributed by atoms with Crippen LogP contribution in [0.3, 0.4) is 0 Å². The van der Waals surface area contributed by atoms with Gasteiger partial charge in [0.1, 0.15) is 0 Å². The SMILES string of the molecule is COc1ncc(CN2C(=O)CC3(CCCC3)C2=O)c2ccccc12. The molecule has 2 heterocycles. The fourth-order valence-corrected chi connectivity index (χ4v) is 4.15. The highest BCUT2D eigenvalue weighted by atomic mass is 16.5. The van der Waals surface area contributed by atoms with E-state index in [4.69, 9.17) is 4.74 Å². The quantitative estimate of drug-likeness (QED) is 0.814. The van der Waals surface area contributed by atoms with Crippen LogP contribution in [0.4, 0.5) is 0 Å². The highest BCUT2D eigenvalue weighted by Gasteiger charge is 2.52. The Hall–Kier alpha value is -2.43. The number of rotatable bonds is 3. The van der Waals surface area contributed by atoms with Crippen molar-refractivity contribution in [3.8, 4) is 5.88 Å². The minimum Gasteiger partial charge on any atom is -0.481 e. The van der Waals surface area contributed by atoms with Gasteiger partial charge in [0.2, 0.25) is 17.7 Å². The molecule has 2 amide bonds. The molecule has 1 aromatic heterocycles. The summed E-state index contributed by atoms with van der Waals surface area (Å²) in [5.74, 6) is 0.507. The number of imide groups is 1. The summed E-state index contributed by atoms with van der Waals surface area (Å²) in [6, 6.07) is 7.79. The summed E-state index contributed by atoms with van der Waals surface area (Å²) in [5.41, 5.74) is 0.454. The molecule has 1 aliphatic carbocycles. The highest BCUT2D eigenvalue weighted by Crippen LogP contribution is 2.47. The van der Waals surface area contributed by atoms with Gasteiger partial charge in [-0.25, -0.2) is 4.98 Å². The van der Waals surface area contributed by atoms with Crippen LogP contribution in [0, 0.1) is 5.41 Å². The van der Waals surface area contributed by atoms with Gasteiger partial charge in [-0.3, -0.25) is 14.5 Å². The third-order valence-corrected chi connectivity index (χ3v) is 5.41. The number of carbonyl (C=O) groups is 2. The van der Waals surface area contributed by atoms with Gasteiger partial charge in [0.15, 0.2) is 0 Å².